The number of benzene rings is 1. The van der Waals surface area contributed by atoms with Gasteiger partial charge in [-0.25, -0.2) is 4.98 Å². The van der Waals surface area contributed by atoms with Crippen molar-refractivity contribution in [2.24, 2.45) is 0 Å². The van der Waals surface area contributed by atoms with Gasteiger partial charge in [-0.15, -0.1) is 0 Å². The van der Waals surface area contributed by atoms with E-state index in [9.17, 15) is 9.59 Å². The molecule has 1 aromatic carbocycles. The Balaban J connectivity index is 1.83. The van der Waals surface area contributed by atoms with Crippen LogP contribution in [0.4, 0.5) is 0 Å². The Morgan fingerprint density at radius 1 is 1.30 bits per heavy atom. The standard InChI is InChI=1S/C16H20N4O3/c1-4-14(21)12-5-7-13(8-6-12)23-9-15(22)17-10(2)16-18-11(3)19-20-16/h5-8,10H,4,9H2,1-3H3,(H,17,22)(H,18,19,20). The highest BCUT2D eigenvalue weighted by atomic mass is 16.5. The van der Waals surface area contributed by atoms with Gasteiger partial charge in [-0.3, -0.25) is 14.7 Å². The molecular weight excluding hydrogens is 296 g/mol. The van der Waals surface area contributed by atoms with Crippen molar-refractivity contribution in [1.29, 1.82) is 0 Å². The Morgan fingerprint density at radius 2 is 2.00 bits per heavy atom. The van der Waals surface area contributed by atoms with E-state index in [1.807, 2.05) is 6.92 Å². The van der Waals surface area contributed by atoms with E-state index in [1.165, 1.54) is 0 Å². The molecule has 0 radical (unpaired) electrons. The highest BCUT2D eigenvalue weighted by Gasteiger charge is 2.14. The van der Waals surface area contributed by atoms with E-state index in [1.54, 1.807) is 38.1 Å². The first-order chi connectivity index (χ1) is 11.0. The van der Waals surface area contributed by atoms with Crippen LogP contribution in [-0.2, 0) is 4.79 Å². The molecule has 1 heterocycles. The number of hydrogen-bond acceptors (Lipinski definition) is 5. The lowest BCUT2D eigenvalue weighted by Gasteiger charge is -2.11. The molecule has 1 amide bonds. The van der Waals surface area contributed by atoms with Crippen molar-refractivity contribution >= 4 is 11.7 Å². The van der Waals surface area contributed by atoms with Gasteiger partial charge in [0.15, 0.2) is 18.2 Å². The van der Waals surface area contributed by atoms with Gasteiger partial charge in [0.2, 0.25) is 0 Å². The van der Waals surface area contributed by atoms with Gasteiger partial charge >= 0.3 is 0 Å². The Bertz CT molecular complexity index is 679. The molecule has 1 aromatic heterocycles. The van der Waals surface area contributed by atoms with Crippen LogP contribution in [-0.4, -0.2) is 33.5 Å². The number of carbonyl (C=O) groups is 2. The molecule has 2 N–H and O–H groups in total. The molecule has 122 valence electrons. The number of amides is 1. The van der Waals surface area contributed by atoms with E-state index in [0.29, 0.717) is 29.4 Å². The Labute approximate surface area is 134 Å². The van der Waals surface area contributed by atoms with Crippen LogP contribution in [0, 0.1) is 6.92 Å². The van der Waals surface area contributed by atoms with E-state index >= 15 is 0 Å². The molecule has 1 atom stereocenters. The predicted octanol–water partition coefficient (Wildman–Crippen LogP) is 1.96. The summed E-state index contributed by atoms with van der Waals surface area (Å²) in [6.07, 6.45) is 0.460. The first kappa shape index (κ1) is 16.7. The number of hydrogen-bond donors (Lipinski definition) is 2. The van der Waals surface area contributed by atoms with Gasteiger partial charge in [0, 0.05) is 12.0 Å². The molecular formula is C16H20N4O3. The summed E-state index contributed by atoms with van der Waals surface area (Å²) in [6, 6.07) is 6.44. The molecule has 7 nitrogen and oxygen atoms in total. The first-order valence-electron chi connectivity index (χ1n) is 7.44. The van der Waals surface area contributed by atoms with Crippen molar-refractivity contribution in [2.75, 3.05) is 6.61 Å². The highest BCUT2D eigenvalue weighted by molar-refractivity contribution is 5.95. The summed E-state index contributed by atoms with van der Waals surface area (Å²) < 4.78 is 5.41. The minimum atomic E-state index is -0.305. The number of ketones is 1. The van der Waals surface area contributed by atoms with E-state index in [2.05, 4.69) is 20.5 Å². The number of aryl methyl sites for hydroxylation is 1. The Kier molecular flexibility index (Phi) is 5.46. The fourth-order valence-corrected chi connectivity index (χ4v) is 1.99. The molecule has 0 aliphatic carbocycles. The number of H-pyrrole nitrogens is 1. The minimum absolute atomic E-state index is 0.0740. The average Bonchev–Trinajstić information content (AvgIpc) is 2.99. The van der Waals surface area contributed by atoms with Gasteiger partial charge in [0.1, 0.15) is 11.6 Å². The molecule has 23 heavy (non-hydrogen) atoms. The van der Waals surface area contributed by atoms with Gasteiger partial charge in [-0.1, -0.05) is 6.92 Å². The van der Waals surface area contributed by atoms with Crippen molar-refractivity contribution in [1.82, 2.24) is 20.5 Å². The zero-order valence-electron chi connectivity index (χ0n) is 13.4. The number of nitrogens with zero attached hydrogens (tertiary/aromatic N) is 2. The van der Waals surface area contributed by atoms with Crippen LogP contribution >= 0.6 is 0 Å². The van der Waals surface area contributed by atoms with Gasteiger partial charge in [-0.05, 0) is 38.1 Å². The normalized spacial score (nSPS) is 11.8. The summed E-state index contributed by atoms with van der Waals surface area (Å²) in [6.45, 7) is 5.29. The molecule has 0 saturated heterocycles. The fraction of sp³-hybridized carbons (Fsp3) is 0.375. The smallest absolute Gasteiger partial charge is 0.258 e. The molecule has 0 aliphatic heterocycles. The summed E-state index contributed by atoms with van der Waals surface area (Å²) in [7, 11) is 0. The fourth-order valence-electron chi connectivity index (χ4n) is 1.99. The van der Waals surface area contributed by atoms with Crippen molar-refractivity contribution < 1.29 is 14.3 Å². The van der Waals surface area contributed by atoms with Gasteiger partial charge < -0.3 is 10.1 Å². The van der Waals surface area contributed by atoms with E-state index < -0.39 is 0 Å². The second kappa shape index (κ2) is 7.53. The van der Waals surface area contributed by atoms with E-state index in [0.717, 1.165) is 0 Å². The van der Waals surface area contributed by atoms with Crippen LogP contribution in [0.1, 0.15) is 48.3 Å². The summed E-state index contributed by atoms with van der Waals surface area (Å²) in [4.78, 5) is 27.6. The Morgan fingerprint density at radius 3 is 2.57 bits per heavy atom. The van der Waals surface area contributed by atoms with E-state index in [4.69, 9.17) is 4.74 Å². The maximum Gasteiger partial charge on any atom is 0.258 e. The summed E-state index contributed by atoms with van der Waals surface area (Å²) >= 11 is 0. The topological polar surface area (TPSA) is 97.0 Å². The quantitative estimate of drug-likeness (QED) is 0.761. The number of Topliss-reactive ketones (excluding diaryl/α,β-unsaturated/α-hetero) is 1. The number of ether oxygens (including phenoxy) is 1. The Hall–Kier alpha value is -2.70. The molecule has 0 saturated carbocycles. The molecule has 1 unspecified atom stereocenters. The van der Waals surface area contributed by atoms with Crippen molar-refractivity contribution in [3.05, 3.63) is 41.5 Å². The lowest BCUT2D eigenvalue weighted by atomic mass is 10.1. The van der Waals surface area contributed by atoms with Crippen molar-refractivity contribution in [3.63, 3.8) is 0 Å². The maximum atomic E-state index is 11.9. The molecule has 2 rings (SSSR count). The van der Waals surface area contributed by atoms with Crippen molar-refractivity contribution in [3.8, 4) is 5.75 Å². The zero-order valence-corrected chi connectivity index (χ0v) is 13.4. The number of nitrogens with one attached hydrogen (secondary N) is 2. The van der Waals surface area contributed by atoms with Crippen LogP contribution < -0.4 is 10.1 Å². The van der Waals surface area contributed by atoms with Crippen LogP contribution in [0.25, 0.3) is 0 Å². The van der Waals surface area contributed by atoms with Crippen LogP contribution in [0.5, 0.6) is 5.75 Å². The molecule has 0 fully saturated rings. The third-order valence-corrected chi connectivity index (χ3v) is 3.25. The summed E-state index contributed by atoms with van der Waals surface area (Å²) in [5, 5.41) is 9.48. The zero-order chi connectivity index (χ0) is 16.8. The number of carbonyl (C=O) groups excluding carboxylic acids is 2. The lowest BCUT2D eigenvalue weighted by molar-refractivity contribution is -0.123. The van der Waals surface area contributed by atoms with Crippen LogP contribution in [0.3, 0.4) is 0 Å². The summed E-state index contributed by atoms with van der Waals surface area (Å²) in [5.74, 6) is 1.56. The molecule has 7 heteroatoms. The van der Waals surface area contributed by atoms with Gasteiger partial charge in [0.25, 0.3) is 5.91 Å². The maximum absolute atomic E-state index is 11.9. The third-order valence-electron chi connectivity index (χ3n) is 3.25. The number of aromatic amines is 1. The lowest BCUT2D eigenvalue weighted by Crippen LogP contribution is -2.31. The first-order valence-corrected chi connectivity index (χ1v) is 7.44. The van der Waals surface area contributed by atoms with Gasteiger partial charge in [0.05, 0.1) is 6.04 Å². The predicted molar refractivity (Wildman–Crippen MR) is 84.2 cm³/mol. The monoisotopic (exact) mass is 316 g/mol. The minimum Gasteiger partial charge on any atom is -0.484 e. The highest BCUT2D eigenvalue weighted by Crippen LogP contribution is 2.13. The molecule has 0 bridgehead atoms. The molecule has 0 aliphatic rings. The van der Waals surface area contributed by atoms with Crippen LogP contribution in [0.15, 0.2) is 24.3 Å². The SMILES string of the molecule is CCC(=O)c1ccc(OCC(=O)NC(C)c2n[nH]c(C)n2)cc1. The summed E-state index contributed by atoms with van der Waals surface area (Å²) in [5.41, 5.74) is 0.637. The molecule has 2 aromatic rings. The molecule has 0 spiro atoms. The number of rotatable bonds is 7. The van der Waals surface area contributed by atoms with E-state index in [-0.39, 0.29) is 24.3 Å². The van der Waals surface area contributed by atoms with Crippen LogP contribution in [0.2, 0.25) is 0 Å². The van der Waals surface area contributed by atoms with Crippen molar-refractivity contribution in [2.45, 2.75) is 33.2 Å². The largest absolute Gasteiger partial charge is 0.484 e. The second-order valence-corrected chi connectivity index (χ2v) is 5.16. The third kappa shape index (κ3) is 4.64. The van der Waals surface area contributed by atoms with Gasteiger partial charge in [-0.2, -0.15) is 5.10 Å². The number of aromatic nitrogens is 3. The second-order valence-electron chi connectivity index (χ2n) is 5.16. The average molecular weight is 316 g/mol.